The van der Waals surface area contributed by atoms with E-state index in [1.165, 1.54) is 6.07 Å². The zero-order valence-electron chi connectivity index (χ0n) is 9.56. The Kier molecular flexibility index (Phi) is 5.75. The summed E-state index contributed by atoms with van der Waals surface area (Å²) in [6.07, 6.45) is 0.264. The maximum Gasteiger partial charge on any atom is 0.337 e. The molecule has 6 nitrogen and oxygen atoms in total. The van der Waals surface area contributed by atoms with Crippen molar-refractivity contribution in [3.8, 4) is 0 Å². The molecular weight excluding hydrogens is 362 g/mol. The lowest BCUT2D eigenvalue weighted by atomic mass is 10.2. The molecule has 0 radical (unpaired) electrons. The number of hydrogen-bond acceptors (Lipinski definition) is 4. The first kappa shape index (κ1) is 16.4. The highest BCUT2D eigenvalue weighted by Gasteiger charge is 2.20. The van der Waals surface area contributed by atoms with Gasteiger partial charge in [-0.3, -0.25) is 0 Å². The molecule has 1 rings (SSSR count). The van der Waals surface area contributed by atoms with Gasteiger partial charge in [0.1, 0.15) is 0 Å². The highest BCUT2D eigenvalue weighted by molar-refractivity contribution is 9.10. The monoisotopic (exact) mass is 371 g/mol. The van der Waals surface area contributed by atoms with Gasteiger partial charge in [0.2, 0.25) is 10.0 Å². The molecule has 0 atom stereocenters. The first-order chi connectivity index (χ1) is 8.79. The summed E-state index contributed by atoms with van der Waals surface area (Å²) in [5, 5.41) is 17.5. The minimum atomic E-state index is -3.84. The van der Waals surface area contributed by atoms with Gasteiger partial charge in [0, 0.05) is 17.6 Å². The minimum absolute atomic E-state index is 0.0570. The van der Waals surface area contributed by atoms with Gasteiger partial charge in [-0.15, -0.1) is 0 Å². The Hall–Kier alpha value is -0.670. The number of sulfonamides is 1. The van der Waals surface area contributed by atoms with Gasteiger partial charge in [-0.05, 0) is 34.5 Å². The number of rotatable bonds is 6. The summed E-state index contributed by atoms with van der Waals surface area (Å²) in [6.45, 7) is -0.0886. The third kappa shape index (κ3) is 4.15. The second-order valence-electron chi connectivity index (χ2n) is 3.55. The van der Waals surface area contributed by atoms with Gasteiger partial charge in [-0.25, -0.2) is 17.9 Å². The van der Waals surface area contributed by atoms with Gasteiger partial charge in [0.25, 0.3) is 0 Å². The van der Waals surface area contributed by atoms with Gasteiger partial charge in [-0.1, -0.05) is 11.6 Å². The van der Waals surface area contributed by atoms with Crippen LogP contribution in [0.4, 0.5) is 0 Å². The smallest absolute Gasteiger partial charge is 0.337 e. The first-order valence-electron chi connectivity index (χ1n) is 5.12. The fraction of sp³-hybridized carbons (Fsp3) is 0.300. The summed E-state index contributed by atoms with van der Waals surface area (Å²) in [5.74, 6) is -1.32. The summed E-state index contributed by atoms with van der Waals surface area (Å²) in [5.41, 5.74) is -0.307. The molecule has 0 aliphatic carbocycles. The summed E-state index contributed by atoms with van der Waals surface area (Å²) in [7, 11) is -3.84. The van der Waals surface area contributed by atoms with E-state index < -0.39 is 16.0 Å². The predicted molar refractivity (Wildman–Crippen MR) is 73.0 cm³/mol. The van der Waals surface area contributed by atoms with E-state index in [9.17, 15) is 13.2 Å². The average molecular weight is 373 g/mol. The number of carboxylic acids is 1. The van der Waals surface area contributed by atoms with E-state index in [1.54, 1.807) is 0 Å². The van der Waals surface area contributed by atoms with Gasteiger partial charge in [-0.2, -0.15) is 0 Å². The van der Waals surface area contributed by atoms with Crippen molar-refractivity contribution in [2.24, 2.45) is 0 Å². The highest BCUT2D eigenvalue weighted by Crippen LogP contribution is 2.29. The van der Waals surface area contributed by atoms with Crippen LogP contribution in [0, 0.1) is 0 Å². The van der Waals surface area contributed by atoms with E-state index in [0.717, 1.165) is 6.07 Å². The molecule has 0 unspecified atom stereocenters. The highest BCUT2D eigenvalue weighted by atomic mass is 79.9. The summed E-state index contributed by atoms with van der Waals surface area (Å²) < 4.78 is 26.2. The lowest BCUT2D eigenvalue weighted by molar-refractivity contribution is 0.0696. The van der Waals surface area contributed by atoms with Crippen LogP contribution in [0.25, 0.3) is 0 Å². The number of carbonyl (C=O) groups is 1. The number of halogens is 2. The molecule has 0 spiro atoms. The van der Waals surface area contributed by atoms with Gasteiger partial charge in [0.05, 0.1) is 15.5 Å². The van der Waals surface area contributed by atoms with E-state index >= 15 is 0 Å². The van der Waals surface area contributed by atoms with Gasteiger partial charge in [0.15, 0.2) is 0 Å². The number of benzene rings is 1. The molecular formula is C10H11BrClNO5S. The summed E-state index contributed by atoms with van der Waals surface area (Å²) in [6, 6.07) is 2.20. The Morgan fingerprint density at radius 3 is 2.58 bits per heavy atom. The van der Waals surface area contributed by atoms with E-state index in [0.29, 0.717) is 0 Å². The molecule has 0 heterocycles. The molecule has 0 aromatic heterocycles. The normalized spacial score (nSPS) is 11.5. The van der Waals surface area contributed by atoms with Crippen LogP contribution >= 0.6 is 27.5 Å². The van der Waals surface area contributed by atoms with E-state index in [2.05, 4.69) is 20.7 Å². The predicted octanol–water partition coefficient (Wildman–Crippen LogP) is 1.46. The van der Waals surface area contributed by atoms with Gasteiger partial charge < -0.3 is 10.2 Å². The maximum absolute atomic E-state index is 11.9. The maximum atomic E-state index is 11.9. The molecule has 0 aliphatic rings. The van der Waals surface area contributed by atoms with Crippen molar-refractivity contribution in [2.75, 3.05) is 13.2 Å². The number of aliphatic hydroxyl groups excluding tert-OH is 1. The number of aromatic carboxylic acids is 1. The lowest BCUT2D eigenvalue weighted by Gasteiger charge is -2.09. The van der Waals surface area contributed by atoms with Crippen molar-refractivity contribution in [2.45, 2.75) is 11.3 Å². The van der Waals surface area contributed by atoms with Crippen molar-refractivity contribution < 1.29 is 23.4 Å². The number of nitrogens with one attached hydrogen (secondary N) is 1. The van der Waals surface area contributed by atoms with Gasteiger partial charge >= 0.3 is 5.97 Å². The van der Waals surface area contributed by atoms with Crippen molar-refractivity contribution in [3.63, 3.8) is 0 Å². The van der Waals surface area contributed by atoms with Crippen LogP contribution in [0.15, 0.2) is 21.5 Å². The first-order valence-corrected chi connectivity index (χ1v) is 7.78. The number of aliphatic hydroxyl groups is 1. The number of hydrogen-bond donors (Lipinski definition) is 3. The van der Waals surface area contributed by atoms with Crippen molar-refractivity contribution in [3.05, 3.63) is 27.2 Å². The third-order valence-electron chi connectivity index (χ3n) is 2.17. The number of carboxylic acid groups (broad SMARTS) is 1. The molecule has 0 aliphatic heterocycles. The van der Waals surface area contributed by atoms with E-state index in [-0.39, 0.29) is 39.5 Å². The minimum Gasteiger partial charge on any atom is -0.478 e. The molecule has 0 bridgehead atoms. The van der Waals surface area contributed by atoms with Crippen molar-refractivity contribution >= 4 is 43.5 Å². The van der Waals surface area contributed by atoms with E-state index in [1.807, 2.05) is 0 Å². The van der Waals surface area contributed by atoms with Crippen LogP contribution in [-0.2, 0) is 10.0 Å². The molecule has 106 valence electrons. The Bertz CT molecular complexity index is 590. The van der Waals surface area contributed by atoms with Crippen LogP contribution in [0.2, 0.25) is 5.02 Å². The molecule has 1 aromatic rings. The molecule has 3 N–H and O–H groups in total. The second-order valence-corrected chi connectivity index (χ2v) is 6.55. The molecule has 0 saturated heterocycles. The molecule has 19 heavy (non-hydrogen) atoms. The topological polar surface area (TPSA) is 104 Å². The fourth-order valence-electron chi connectivity index (χ4n) is 1.24. The zero-order chi connectivity index (χ0) is 14.6. The second kappa shape index (κ2) is 6.67. The van der Waals surface area contributed by atoms with Crippen LogP contribution < -0.4 is 4.72 Å². The van der Waals surface area contributed by atoms with Crippen molar-refractivity contribution in [1.82, 2.24) is 4.72 Å². The molecule has 0 fully saturated rings. The van der Waals surface area contributed by atoms with E-state index in [4.69, 9.17) is 21.8 Å². The van der Waals surface area contributed by atoms with Crippen LogP contribution in [0.1, 0.15) is 16.8 Å². The third-order valence-corrected chi connectivity index (χ3v) is 4.87. The summed E-state index contributed by atoms with van der Waals surface area (Å²) in [4.78, 5) is 10.8. The lowest BCUT2D eigenvalue weighted by Crippen LogP contribution is -2.25. The standard InChI is InChI=1S/C10H11BrClNO5S/c11-8-5-6(4-7(9(8)12)10(15)16)19(17,18)13-2-1-3-14/h4-5,13-14H,1-3H2,(H,15,16). The molecule has 0 saturated carbocycles. The Labute approximate surface area is 123 Å². The Morgan fingerprint density at radius 1 is 1.42 bits per heavy atom. The molecule has 1 aromatic carbocycles. The quantitative estimate of drug-likeness (QED) is 0.656. The molecule has 9 heteroatoms. The van der Waals surface area contributed by atoms with Crippen LogP contribution in [0.3, 0.4) is 0 Å². The van der Waals surface area contributed by atoms with Crippen LogP contribution in [-0.4, -0.2) is 37.8 Å². The SMILES string of the molecule is O=C(O)c1cc(S(=O)(=O)NCCCO)cc(Br)c1Cl. The fourth-order valence-corrected chi connectivity index (χ4v) is 3.17. The summed E-state index contributed by atoms with van der Waals surface area (Å²) >= 11 is 8.77. The molecule has 0 amide bonds. The zero-order valence-corrected chi connectivity index (χ0v) is 12.7. The largest absolute Gasteiger partial charge is 0.478 e. The average Bonchev–Trinajstić information content (AvgIpc) is 2.32. The Morgan fingerprint density at radius 2 is 2.05 bits per heavy atom. The van der Waals surface area contributed by atoms with Crippen LogP contribution in [0.5, 0.6) is 0 Å². The Balaban J connectivity index is 3.17. The van der Waals surface area contributed by atoms with Crippen molar-refractivity contribution in [1.29, 1.82) is 0 Å².